The zero-order valence-electron chi connectivity index (χ0n) is 20.6. The molecule has 1 aliphatic heterocycles. The Kier molecular flexibility index (Phi) is 8.56. The summed E-state index contributed by atoms with van der Waals surface area (Å²) in [5, 5.41) is 14.0. The highest BCUT2D eigenvalue weighted by atomic mass is 16.5. The molecule has 0 bridgehead atoms. The molecule has 3 aromatic rings. The van der Waals surface area contributed by atoms with Crippen LogP contribution in [0.4, 0.5) is 0 Å². The normalized spacial score (nSPS) is 15.5. The molecular weight excluding hydrogens is 436 g/mol. The Labute approximate surface area is 208 Å². The van der Waals surface area contributed by atoms with E-state index in [9.17, 15) is 9.90 Å². The van der Waals surface area contributed by atoms with Crippen LogP contribution in [0.5, 0.6) is 5.75 Å². The molecular formula is C30H36N2O3. The van der Waals surface area contributed by atoms with Gasteiger partial charge in [-0.3, -0.25) is 4.79 Å². The van der Waals surface area contributed by atoms with Gasteiger partial charge in [0.2, 0.25) is 0 Å². The van der Waals surface area contributed by atoms with Crippen LogP contribution in [0.1, 0.15) is 46.3 Å². The van der Waals surface area contributed by atoms with Gasteiger partial charge < -0.3 is 20.1 Å². The molecule has 1 aliphatic rings. The van der Waals surface area contributed by atoms with Crippen LogP contribution >= 0.6 is 0 Å². The van der Waals surface area contributed by atoms with Crippen molar-refractivity contribution >= 4 is 5.91 Å². The molecule has 4 rings (SSSR count). The predicted molar refractivity (Wildman–Crippen MR) is 140 cm³/mol. The number of aliphatic hydroxyl groups is 1. The first-order chi connectivity index (χ1) is 17.0. The van der Waals surface area contributed by atoms with Gasteiger partial charge in [-0.1, -0.05) is 60.2 Å². The third-order valence-corrected chi connectivity index (χ3v) is 6.74. The van der Waals surface area contributed by atoms with Crippen molar-refractivity contribution in [1.29, 1.82) is 0 Å². The van der Waals surface area contributed by atoms with Crippen LogP contribution in [-0.2, 0) is 13.0 Å². The maximum absolute atomic E-state index is 12.5. The number of carbonyl (C=O) groups is 1. The first-order valence-corrected chi connectivity index (χ1v) is 12.5. The number of rotatable bonds is 10. The summed E-state index contributed by atoms with van der Waals surface area (Å²) in [5.41, 5.74) is 3.57. The molecule has 1 fully saturated rings. The fourth-order valence-electron chi connectivity index (χ4n) is 4.51. The monoisotopic (exact) mass is 472 g/mol. The molecule has 5 nitrogen and oxygen atoms in total. The molecule has 184 valence electrons. The number of ether oxygens (including phenoxy) is 1. The summed E-state index contributed by atoms with van der Waals surface area (Å²) in [7, 11) is 0. The molecule has 0 aliphatic carbocycles. The van der Waals surface area contributed by atoms with Crippen LogP contribution in [-0.4, -0.2) is 47.7 Å². The molecule has 0 saturated carbocycles. The molecule has 0 spiro atoms. The van der Waals surface area contributed by atoms with Crippen LogP contribution in [0.15, 0.2) is 78.9 Å². The van der Waals surface area contributed by atoms with Crippen molar-refractivity contribution in [1.82, 2.24) is 10.2 Å². The molecule has 3 aromatic carbocycles. The Morgan fingerprint density at radius 3 is 2.31 bits per heavy atom. The lowest BCUT2D eigenvalue weighted by Gasteiger charge is -2.38. The molecule has 0 unspecified atom stereocenters. The Morgan fingerprint density at radius 1 is 0.943 bits per heavy atom. The van der Waals surface area contributed by atoms with Gasteiger partial charge in [0.15, 0.2) is 0 Å². The molecule has 1 amide bonds. The standard InChI is InChI=1S/C30H36N2O3/c1-24-8-10-25(11-9-24)22-30(34)16-20-32(21-17-30)19-5-18-31-29(33)27-12-14-28(15-13-27)35-23-26-6-3-2-4-7-26/h2-4,6-15,34H,5,16-23H2,1H3,(H,31,33). The van der Waals surface area contributed by atoms with Gasteiger partial charge in [-0.25, -0.2) is 0 Å². The highest BCUT2D eigenvalue weighted by Crippen LogP contribution is 2.26. The van der Waals surface area contributed by atoms with Gasteiger partial charge in [0.05, 0.1) is 5.60 Å². The van der Waals surface area contributed by atoms with Gasteiger partial charge >= 0.3 is 0 Å². The number of nitrogens with one attached hydrogen (secondary N) is 1. The third-order valence-electron chi connectivity index (χ3n) is 6.74. The highest BCUT2D eigenvalue weighted by Gasteiger charge is 2.32. The smallest absolute Gasteiger partial charge is 0.251 e. The third kappa shape index (κ3) is 7.67. The summed E-state index contributed by atoms with van der Waals surface area (Å²) in [6, 6.07) is 25.7. The average Bonchev–Trinajstić information content (AvgIpc) is 2.89. The highest BCUT2D eigenvalue weighted by molar-refractivity contribution is 5.94. The number of carbonyl (C=O) groups excluding carboxylic acids is 1. The van der Waals surface area contributed by atoms with Crippen molar-refractivity contribution in [3.63, 3.8) is 0 Å². The quantitative estimate of drug-likeness (QED) is 0.418. The number of piperidine rings is 1. The van der Waals surface area contributed by atoms with Gasteiger partial charge in [-0.15, -0.1) is 0 Å². The van der Waals surface area contributed by atoms with Crippen molar-refractivity contribution in [2.24, 2.45) is 0 Å². The zero-order valence-corrected chi connectivity index (χ0v) is 20.6. The van der Waals surface area contributed by atoms with E-state index in [4.69, 9.17) is 4.74 Å². The molecule has 2 N–H and O–H groups in total. The first kappa shape index (κ1) is 25.0. The maximum atomic E-state index is 12.5. The van der Waals surface area contributed by atoms with E-state index in [0.717, 1.165) is 50.2 Å². The zero-order chi connectivity index (χ0) is 24.5. The number of nitrogens with zero attached hydrogens (tertiary/aromatic N) is 1. The van der Waals surface area contributed by atoms with E-state index < -0.39 is 5.60 Å². The summed E-state index contributed by atoms with van der Waals surface area (Å²) >= 11 is 0. The van der Waals surface area contributed by atoms with E-state index in [1.165, 1.54) is 11.1 Å². The Hall–Kier alpha value is -3.15. The molecule has 5 heteroatoms. The predicted octanol–water partition coefficient (Wildman–Crippen LogP) is 4.76. The summed E-state index contributed by atoms with van der Waals surface area (Å²) in [6.45, 7) is 5.92. The lowest BCUT2D eigenvalue weighted by atomic mass is 9.85. The maximum Gasteiger partial charge on any atom is 0.251 e. The number of aryl methyl sites for hydroxylation is 1. The second-order valence-corrected chi connectivity index (χ2v) is 9.64. The van der Waals surface area contributed by atoms with E-state index >= 15 is 0 Å². The van der Waals surface area contributed by atoms with Gasteiger partial charge in [-0.2, -0.15) is 0 Å². The number of hydrogen-bond acceptors (Lipinski definition) is 4. The SMILES string of the molecule is Cc1ccc(CC2(O)CCN(CCCNC(=O)c3ccc(OCc4ccccc4)cc3)CC2)cc1. The summed E-state index contributed by atoms with van der Waals surface area (Å²) in [4.78, 5) is 14.9. The topological polar surface area (TPSA) is 61.8 Å². The Bertz CT molecular complexity index is 1060. The molecule has 0 atom stereocenters. The van der Waals surface area contributed by atoms with E-state index in [1.807, 2.05) is 42.5 Å². The minimum absolute atomic E-state index is 0.0641. The van der Waals surface area contributed by atoms with Crippen molar-refractivity contribution < 1.29 is 14.6 Å². The Morgan fingerprint density at radius 2 is 1.63 bits per heavy atom. The van der Waals surface area contributed by atoms with E-state index in [-0.39, 0.29) is 5.91 Å². The summed E-state index contributed by atoms with van der Waals surface area (Å²) in [6.07, 6.45) is 3.17. The van der Waals surface area contributed by atoms with Crippen LogP contribution in [0.3, 0.4) is 0 Å². The van der Waals surface area contributed by atoms with Gasteiger partial charge in [-0.05, 0) is 68.1 Å². The van der Waals surface area contributed by atoms with E-state index in [0.29, 0.717) is 25.1 Å². The van der Waals surface area contributed by atoms with E-state index in [1.54, 1.807) is 12.1 Å². The van der Waals surface area contributed by atoms with Gasteiger partial charge in [0.25, 0.3) is 5.91 Å². The lowest BCUT2D eigenvalue weighted by molar-refractivity contribution is -0.0206. The second-order valence-electron chi connectivity index (χ2n) is 9.64. The largest absolute Gasteiger partial charge is 0.489 e. The summed E-state index contributed by atoms with van der Waals surface area (Å²) < 4.78 is 5.79. The van der Waals surface area contributed by atoms with Crippen molar-refractivity contribution in [3.8, 4) is 5.75 Å². The number of hydrogen-bond donors (Lipinski definition) is 2. The molecule has 35 heavy (non-hydrogen) atoms. The van der Waals surface area contributed by atoms with Crippen LogP contribution < -0.4 is 10.1 Å². The number of likely N-dealkylation sites (tertiary alicyclic amines) is 1. The minimum atomic E-state index is -0.614. The number of amides is 1. The Balaban J connectivity index is 1.12. The minimum Gasteiger partial charge on any atom is -0.489 e. The van der Waals surface area contributed by atoms with Gasteiger partial charge in [0, 0.05) is 31.6 Å². The average molecular weight is 473 g/mol. The molecule has 0 radical (unpaired) electrons. The number of benzene rings is 3. The van der Waals surface area contributed by atoms with Crippen molar-refractivity contribution in [2.75, 3.05) is 26.2 Å². The van der Waals surface area contributed by atoms with Crippen molar-refractivity contribution in [3.05, 3.63) is 101 Å². The van der Waals surface area contributed by atoms with Crippen molar-refractivity contribution in [2.45, 2.75) is 44.8 Å². The molecule has 1 heterocycles. The fourth-order valence-corrected chi connectivity index (χ4v) is 4.51. The summed E-state index contributed by atoms with van der Waals surface area (Å²) in [5.74, 6) is 0.684. The van der Waals surface area contributed by atoms with Crippen LogP contribution in [0, 0.1) is 6.92 Å². The first-order valence-electron chi connectivity index (χ1n) is 12.5. The molecule has 1 saturated heterocycles. The molecule has 0 aromatic heterocycles. The second kappa shape index (κ2) is 12.0. The lowest BCUT2D eigenvalue weighted by Crippen LogP contribution is -2.46. The van der Waals surface area contributed by atoms with Gasteiger partial charge in [0.1, 0.15) is 12.4 Å². The fraction of sp³-hybridized carbons (Fsp3) is 0.367. The van der Waals surface area contributed by atoms with Crippen LogP contribution in [0.2, 0.25) is 0 Å². The van der Waals surface area contributed by atoms with E-state index in [2.05, 4.69) is 41.4 Å². The van der Waals surface area contributed by atoms with Crippen LogP contribution in [0.25, 0.3) is 0 Å².